The average Bonchev–Trinajstić information content (AvgIpc) is 2.60. The van der Waals surface area contributed by atoms with Gasteiger partial charge in [0.05, 0.1) is 3.79 Å². The fraction of sp³-hybridized carbons (Fsp3) is 0.600. The molecule has 0 saturated heterocycles. The van der Waals surface area contributed by atoms with E-state index in [0.29, 0.717) is 17.2 Å². The first-order valence-corrected chi connectivity index (χ1v) is 8.43. The summed E-state index contributed by atoms with van der Waals surface area (Å²) in [7, 11) is -3.37. The molecule has 98 valence electrons. The minimum absolute atomic E-state index is 0.157. The molecule has 2 N–H and O–H groups in total. The number of thiophene rings is 1. The predicted molar refractivity (Wildman–Crippen MR) is 72.9 cm³/mol. The van der Waals surface area contributed by atoms with Crippen LogP contribution in [-0.4, -0.2) is 26.7 Å². The van der Waals surface area contributed by atoms with Crippen LogP contribution in [0.4, 0.5) is 0 Å². The number of halogens is 1. The monoisotopic (exact) mass is 341 g/mol. The molecule has 1 aromatic rings. The summed E-state index contributed by atoms with van der Waals surface area (Å²) in [6.45, 7) is 2.43. The van der Waals surface area contributed by atoms with Crippen LogP contribution in [0.2, 0.25) is 0 Å². The van der Waals surface area contributed by atoms with Gasteiger partial charge in [0.15, 0.2) is 0 Å². The molecule has 1 aromatic heterocycles. The molecular formula is C10H16BrNO3S2. The topological polar surface area (TPSA) is 66.4 Å². The first-order chi connectivity index (χ1) is 7.97. The fourth-order valence-corrected chi connectivity index (χ4v) is 4.60. The smallest absolute Gasteiger partial charge is 0.250 e. The third-order valence-electron chi connectivity index (χ3n) is 2.23. The average molecular weight is 342 g/mol. The van der Waals surface area contributed by atoms with Gasteiger partial charge < -0.3 is 5.11 Å². The maximum absolute atomic E-state index is 11.9. The Morgan fingerprint density at radius 1 is 1.41 bits per heavy atom. The van der Waals surface area contributed by atoms with Crippen molar-refractivity contribution in [2.75, 3.05) is 13.2 Å². The van der Waals surface area contributed by atoms with Crippen LogP contribution in [0.15, 0.2) is 14.1 Å². The van der Waals surface area contributed by atoms with Gasteiger partial charge in [-0.25, -0.2) is 13.1 Å². The Labute approximate surface area is 114 Å². The molecule has 0 amide bonds. The van der Waals surface area contributed by atoms with Gasteiger partial charge in [-0.1, -0.05) is 0 Å². The summed E-state index contributed by atoms with van der Waals surface area (Å²) in [4.78, 5) is 0. The second-order valence-corrected chi connectivity index (χ2v) is 8.07. The van der Waals surface area contributed by atoms with E-state index in [4.69, 9.17) is 5.11 Å². The summed E-state index contributed by atoms with van der Waals surface area (Å²) >= 11 is 4.53. The third-order valence-corrected chi connectivity index (χ3v) is 6.30. The minimum atomic E-state index is -3.37. The summed E-state index contributed by atoms with van der Waals surface area (Å²) in [6.07, 6.45) is 2.28. The standard InChI is InChI=1S/C10H16BrNO3S2/c1-8-7-9(16-10(8)11)17(14,15)12-5-3-2-4-6-13/h7,12-13H,2-6H2,1H3. The SMILES string of the molecule is Cc1cc(S(=O)(=O)NCCCCCO)sc1Br. The van der Waals surface area contributed by atoms with E-state index in [1.54, 1.807) is 6.07 Å². The maximum atomic E-state index is 11.9. The second kappa shape index (κ2) is 6.84. The number of aliphatic hydroxyl groups excluding tert-OH is 1. The van der Waals surface area contributed by atoms with Crippen LogP contribution in [0.1, 0.15) is 24.8 Å². The zero-order valence-corrected chi connectivity index (χ0v) is 12.8. The van der Waals surface area contributed by atoms with Crippen LogP contribution in [0, 0.1) is 6.92 Å². The van der Waals surface area contributed by atoms with E-state index in [1.165, 1.54) is 11.3 Å². The molecule has 0 aliphatic rings. The first kappa shape index (κ1) is 15.1. The molecule has 1 heterocycles. The molecule has 0 saturated carbocycles. The molecule has 0 bridgehead atoms. The Morgan fingerprint density at radius 2 is 2.12 bits per heavy atom. The quantitative estimate of drug-likeness (QED) is 0.747. The summed E-state index contributed by atoms with van der Waals surface area (Å²) in [5.41, 5.74) is 0.927. The Balaban J connectivity index is 2.51. The van der Waals surface area contributed by atoms with E-state index >= 15 is 0 Å². The lowest BCUT2D eigenvalue weighted by molar-refractivity contribution is 0.283. The van der Waals surface area contributed by atoms with Crippen molar-refractivity contribution in [3.05, 3.63) is 15.4 Å². The number of nitrogens with one attached hydrogen (secondary N) is 1. The second-order valence-electron chi connectivity index (χ2n) is 3.70. The Hall–Kier alpha value is 0.0500. The Bertz CT molecular complexity index is 437. The van der Waals surface area contributed by atoms with E-state index in [2.05, 4.69) is 20.7 Å². The third kappa shape index (κ3) is 4.67. The van der Waals surface area contributed by atoms with Gasteiger partial charge in [0.2, 0.25) is 10.0 Å². The molecule has 17 heavy (non-hydrogen) atoms. The van der Waals surface area contributed by atoms with Crippen LogP contribution in [0.3, 0.4) is 0 Å². The highest BCUT2D eigenvalue weighted by Gasteiger charge is 2.17. The van der Waals surface area contributed by atoms with Crippen LogP contribution in [0.5, 0.6) is 0 Å². The van der Waals surface area contributed by atoms with Crippen LogP contribution < -0.4 is 4.72 Å². The molecule has 0 radical (unpaired) electrons. The Morgan fingerprint density at radius 3 is 2.65 bits per heavy atom. The Kier molecular flexibility index (Phi) is 6.08. The lowest BCUT2D eigenvalue weighted by Crippen LogP contribution is -2.24. The molecule has 0 spiro atoms. The van der Waals surface area contributed by atoms with E-state index < -0.39 is 10.0 Å². The molecule has 4 nitrogen and oxygen atoms in total. The van der Waals surface area contributed by atoms with Gasteiger partial charge in [0.1, 0.15) is 4.21 Å². The van der Waals surface area contributed by atoms with E-state index in [-0.39, 0.29) is 6.61 Å². The summed E-state index contributed by atoms with van der Waals surface area (Å²) in [5, 5.41) is 8.59. The summed E-state index contributed by atoms with van der Waals surface area (Å²) in [5.74, 6) is 0. The predicted octanol–water partition coefficient (Wildman–Crippen LogP) is 2.26. The lowest BCUT2D eigenvalue weighted by atomic mass is 10.2. The van der Waals surface area contributed by atoms with Crippen molar-refractivity contribution in [1.29, 1.82) is 0 Å². The zero-order valence-electron chi connectivity index (χ0n) is 9.57. The highest BCUT2D eigenvalue weighted by molar-refractivity contribution is 9.11. The largest absolute Gasteiger partial charge is 0.396 e. The molecule has 0 aliphatic carbocycles. The van der Waals surface area contributed by atoms with Crippen molar-refractivity contribution in [2.24, 2.45) is 0 Å². The van der Waals surface area contributed by atoms with Gasteiger partial charge >= 0.3 is 0 Å². The van der Waals surface area contributed by atoms with E-state index in [9.17, 15) is 8.42 Å². The fourth-order valence-electron chi connectivity index (χ4n) is 1.26. The first-order valence-electron chi connectivity index (χ1n) is 5.34. The summed E-state index contributed by atoms with van der Waals surface area (Å²) < 4.78 is 27.5. The van der Waals surface area contributed by atoms with Crippen molar-refractivity contribution in [1.82, 2.24) is 4.72 Å². The number of sulfonamides is 1. The number of hydrogen-bond acceptors (Lipinski definition) is 4. The van der Waals surface area contributed by atoms with E-state index in [0.717, 1.165) is 22.2 Å². The molecule has 7 heteroatoms. The minimum Gasteiger partial charge on any atom is -0.396 e. The van der Waals surface area contributed by atoms with Crippen LogP contribution >= 0.6 is 27.3 Å². The maximum Gasteiger partial charge on any atom is 0.250 e. The number of aryl methyl sites for hydroxylation is 1. The lowest BCUT2D eigenvalue weighted by Gasteiger charge is -2.03. The van der Waals surface area contributed by atoms with Gasteiger partial charge in [-0.15, -0.1) is 11.3 Å². The number of hydrogen-bond donors (Lipinski definition) is 2. The highest BCUT2D eigenvalue weighted by atomic mass is 79.9. The zero-order chi connectivity index (χ0) is 12.9. The van der Waals surface area contributed by atoms with Crippen molar-refractivity contribution >= 4 is 37.3 Å². The van der Waals surface area contributed by atoms with Gasteiger partial charge in [-0.2, -0.15) is 0 Å². The number of unbranched alkanes of at least 4 members (excludes halogenated alkanes) is 2. The van der Waals surface area contributed by atoms with Crippen molar-refractivity contribution in [3.8, 4) is 0 Å². The molecule has 1 rings (SSSR count). The summed E-state index contributed by atoms with van der Waals surface area (Å²) in [6, 6.07) is 1.66. The number of aliphatic hydroxyl groups is 1. The van der Waals surface area contributed by atoms with Crippen molar-refractivity contribution in [3.63, 3.8) is 0 Å². The van der Waals surface area contributed by atoms with Crippen LogP contribution in [-0.2, 0) is 10.0 Å². The molecular weight excluding hydrogens is 326 g/mol. The molecule has 0 aromatic carbocycles. The molecule has 0 fully saturated rings. The van der Waals surface area contributed by atoms with Crippen LogP contribution in [0.25, 0.3) is 0 Å². The van der Waals surface area contributed by atoms with Gasteiger partial charge in [0.25, 0.3) is 0 Å². The normalized spacial score (nSPS) is 11.9. The molecule has 0 atom stereocenters. The van der Waals surface area contributed by atoms with Gasteiger partial charge in [0, 0.05) is 13.2 Å². The molecule has 0 aliphatic heterocycles. The highest BCUT2D eigenvalue weighted by Crippen LogP contribution is 2.30. The van der Waals surface area contributed by atoms with Gasteiger partial charge in [-0.3, -0.25) is 0 Å². The molecule has 0 unspecified atom stereocenters. The van der Waals surface area contributed by atoms with Gasteiger partial charge in [-0.05, 0) is 53.7 Å². The van der Waals surface area contributed by atoms with E-state index in [1.807, 2.05) is 6.92 Å². The van der Waals surface area contributed by atoms with Crippen molar-refractivity contribution < 1.29 is 13.5 Å². The van der Waals surface area contributed by atoms with Crippen molar-refractivity contribution in [2.45, 2.75) is 30.4 Å². The number of rotatable bonds is 7.